The van der Waals surface area contributed by atoms with Crippen molar-refractivity contribution in [1.82, 2.24) is 10.6 Å². The average molecular weight is 462 g/mol. The van der Waals surface area contributed by atoms with E-state index in [4.69, 9.17) is 9.47 Å². The van der Waals surface area contributed by atoms with Gasteiger partial charge in [-0.25, -0.2) is 9.59 Å². The van der Waals surface area contributed by atoms with E-state index in [-0.39, 0.29) is 12.1 Å². The van der Waals surface area contributed by atoms with Crippen LogP contribution in [-0.4, -0.2) is 25.2 Å². The Labute approximate surface area is 157 Å². The first-order valence-corrected chi connectivity index (χ1v) is 8.85. The fourth-order valence-electron chi connectivity index (χ4n) is 2.43. The minimum absolute atomic E-state index is 0.259. The molecule has 6 nitrogen and oxygen atoms in total. The van der Waals surface area contributed by atoms with Crippen LogP contribution in [0.1, 0.15) is 32.4 Å². The molecule has 2 amide bonds. The van der Waals surface area contributed by atoms with Gasteiger partial charge >= 0.3 is 12.0 Å². The highest BCUT2D eigenvalue weighted by molar-refractivity contribution is 9.11. The van der Waals surface area contributed by atoms with E-state index in [9.17, 15) is 9.59 Å². The van der Waals surface area contributed by atoms with Crippen molar-refractivity contribution in [1.29, 1.82) is 0 Å². The lowest BCUT2D eigenvalue weighted by atomic mass is 9.95. The number of benzene rings is 1. The standard InChI is InChI=1S/C16H18Br2N2O4/c1-7(2)24-15(21)12-8(3)19-16(22)20-13(12)9-5-10(17)14(23-4)11(18)6-9/h5-7,13H,1-4H3,(H2,19,20,22). The summed E-state index contributed by atoms with van der Waals surface area (Å²) in [6, 6.07) is 2.61. The van der Waals surface area contributed by atoms with Crippen LogP contribution in [0.3, 0.4) is 0 Å². The van der Waals surface area contributed by atoms with Crippen LogP contribution in [0.2, 0.25) is 0 Å². The molecule has 0 saturated heterocycles. The van der Waals surface area contributed by atoms with Crippen molar-refractivity contribution in [2.24, 2.45) is 0 Å². The zero-order valence-electron chi connectivity index (χ0n) is 13.7. The molecule has 0 radical (unpaired) electrons. The number of carbonyl (C=O) groups is 2. The summed E-state index contributed by atoms with van der Waals surface area (Å²) in [6.45, 7) is 5.23. The molecular weight excluding hydrogens is 444 g/mol. The highest BCUT2D eigenvalue weighted by atomic mass is 79.9. The summed E-state index contributed by atoms with van der Waals surface area (Å²) in [5, 5.41) is 5.38. The number of methoxy groups -OCH3 is 1. The molecule has 1 heterocycles. The molecular formula is C16H18Br2N2O4. The Balaban J connectivity index is 2.51. The van der Waals surface area contributed by atoms with Crippen molar-refractivity contribution in [3.8, 4) is 5.75 Å². The van der Waals surface area contributed by atoms with Crippen molar-refractivity contribution in [3.05, 3.63) is 37.9 Å². The SMILES string of the molecule is COc1c(Br)cc(C2NC(=O)NC(C)=C2C(=O)OC(C)C)cc1Br. The van der Waals surface area contributed by atoms with E-state index in [1.54, 1.807) is 40.0 Å². The van der Waals surface area contributed by atoms with Crippen LogP contribution in [0, 0.1) is 0 Å². The molecule has 1 aliphatic heterocycles. The molecule has 1 atom stereocenters. The number of rotatable bonds is 4. The van der Waals surface area contributed by atoms with Gasteiger partial charge in [-0.05, 0) is 70.3 Å². The van der Waals surface area contributed by atoms with Crippen LogP contribution < -0.4 is 15.4 Å². The first-order valence-electron chi connectivity index (χ1n) is 7.26. The lowest BCUT2D eigenvalue weighted by Gasteiger charge is -2.29. The molecule has 0 bridgehead atoms. The number of nitrogens with one attached hydrogen (secondary N) is 2. The molecule has 0 fully saturated rings. The van der Waals surface area contributed by atoms with Crippen LogP contribution in [0.4, 0.5) is 4.79 Å². The summed E-state index contributed by atoms with van der Waals surface area (Å²) >= 11 is 6.87. The molecule has 8 heteroatoms. The molecule has 130 valence electrons. The number of halogens is 2. The zero-order chi connectivity index (χ0) is 18.0. The van der Waals surface area contributed by atoms with E-state index in [1.807, 2.05) is 0 Å². The van der Waals surface area contributed by atoms with Crippen molar-refractivity contribution >= 4 is 43.9 Å². The molecule has 0 aromatic heterocycles. The van der Waals surface area contributed by atoms with Gasteiger partial charge in [0, 0.05) is 5.70 Å². The predicted octanol–water partition coefficient (Wildman–Crippen LogP) is 3.80. The first kappa shape index (κ1) is 18.8. The normalized spacial score (nSPS) is 17.5. The number of amides is 2. The third kappa shape index (κ3) is 3.92. The average Bonchev–Trinajstić information content (AvgIpc) is 2.44. The molecule has 1 unspecified atom stereocenters. The Kier molecular flexibility index (Phi) is 5.92. The van der Waals surface area contributed by atoms with Crippen molar-refractivity contribution in [2.75, 3.05) is 7.11 Å². The van der Waals surface area contributed by atoms with E-state index >= 15 is 0 Å². The minimum Gasteiger partial charge on any atom is -0.494 e. The summed E-state index contributed by atoms with van der Waals surface area (Å²) in [5.74, 6) is 0.161. The fraction of sp³-hybridized carbons (Fsp3) is 0.375. The van der Waals surface area contributed by atoms with Crippen LogP contribution >= 0.6 is 31.9 Å². The number of carbonyl (C=O) groups excluding carboxylic acids is 2. The molecule has 2 rings (SSSR count). The molecule has 24 heavy (non-hydrogen) atoms. The molecule has 0 saturated carbocycles. The monoisotopic (exact) mass is 460 g/mol. The van der Waals surface area contributed by atoms with Crippen molar-refractivity contribution < 1.29 is 19.1 Å². The van der Waals surface area contributed by atoms with E-state index in [0.717, 1.165) is 5.56 Å². The Morgan fingerprint density at radius 2 is 1.83 bits per heavy atom. The summed E-state index contributed by atoms with van der Waals surface area (Å²) in [7, 11) is 1.56. The quantitative estimate of drug-likeness (QED) is 0.668. The minimum atomic E-state index is -0.622. The van der Waals surface area contributed by atoms with Crippen LogP contribution in [0.25, 0.3) is 0 Å². The van der Waals surface area contributed by atoms with Gasteiger partial charge in [-0.15, -0.1) is 0 Å². The highest BCUT2D eigenvalue weighted by Crippen LogP contribution is 2.38. The van der Waals surface area contributed by atoms with Gasteiger partial charge in [0.1, 0.15) is 5.75 Å². The highest BCUT2D eigenvalue weighted by Gasteiger charge is 2.33. The number of ether oxygens (including phenoxy) is 2. The Bertz CT molecular complexity index is 693. The second-order valence-electron chi connectivity index (χ2n) is 5.54. The van der Waals surface area contributed by atoms with Gasteiger partial charge in [0.05, 0.1) is 33.8 Å². The second-order valence-corrected chi connectivity index (χ2v) is 7.25. The Hall–Kier alpha value is -1.54. The largest absolute Gasteiger partial charge is 0.494 e. The third-order valence-electron chi connectivity index (χ3n) is 3.39. The predicted molar refractivity (Wildman–Crippen MR) is 96.7 cm³/mol. The summed E-state index contributed by atoms with van der Waals surface area (Å²) in [5.41, 5.74) is 1.56. The van der Waals surface area contributed by atoms with Gasteiger partial charge < -0.3 is 20.1 Å². The molecule has 1 aliphatic rings. The molecule has 1 aromatic rings. The summed E-state index contributed by atoms with van der Waals surface area (Å²) < 4.78 is 12.0. The van der Waals surface area contributed by atoms with E-state index in [1.165, 1.54) is 0 Å². The lowest BCUT2D eigenvalue weighted by molar-refractivity contribution is -0.143. The van der Waals surface area contributed by atoms with Crippen molar-refractivity contribution in [3.63, 3.8) is 0 Å². The lowest BCUT2D eigenvalue weighted by Crippen LogP contribution is -2.45. The number of allylic oxidation sites excluding steroid dienone is 1. The van der Waals surface area contributed by atoms with Crippen molar-refractivity contribution in [2.45, 2.75) is 32.9 Å². The summed E-state index contributed by atoms with van der Waals surface area (Å²) in [4.78, 5) is 24.4. The number of urea groups is 1. The number of hydrogen-bond acceptors (Lipinski definition) is 4. The molecule has 0 spiro atoms. The molecule has 2 N–H and O–H groups in total. The number of esters is 1. The van der Waals surface area contributed by atoms with Crippen LogP contribution in [0.5, 0.6) is 5.75 Å². The Morgan fingerprint density at radius 3 is 2.33 bits per heavy atom. The molecule has 0 aliphatic carbocycles. The summed E-state index contributed by atoms with van der Waals surface area (Å²) in [6.07, 6.45) is -0.259. The van der Waals surface area contributed by atoms with E-state index in [2.05, 4.69) is 42.5 Å². The maximum atomic E-state index is 12.5. The second kappa shape index (κ2) is 7.57. The molecule has 1 aromatic carbocycles. The maximum Gasteiger partial charge on any atom is 0.338 e. The Morgan fingerprint density at radius 1 is 1.25 bits per heavy atom. The van der Waals surface area contributed by atoms with E-state index in [0.29, 0.717) is 26.0 Å². The topological polar surface area (TPSA) is 76.7 Å². The van der Waals surface area contributed by atoms with Crippen LogP contribution in [0.15, 0.2) is 32.3 Å². The van der Waals surface area contributed by atoms with Gasteiger partial charge in [-0.3, -0.25) is 0 Å². The van der Waals surface area contributed by atoms with Gasteiger partial charge in [0.2, 0.25) is 0 Å². The first-order chi connectivity index (χ1) is 11.2. The van der Waals surface area contributed by atoms with Gasteiger partial charge in [-0.1, -0.05) is 0 Å². The van der Waals surface area contributed by atoms with Gasteiger partial charge in [0.15, 0.2) is 0 Å². The van der Waals surface area contributed by atoms with Crippen LogP contribution in [-0.2, 0) is 9.53 Å². The van der Waals surface area contributed by atoms with Gasteiger partial charge in [0.25, 0.3) is 0 Å². The van der Waals surface area contributed by atoms with Gasteiger partial charge in [-0.2, -0.15) is 0 Å². The third-order valence-corrected chi connectivity index (χ3v) is 4.57. The fourth-order valence-corrected chi connectivity index (χ4v) is 3.98. The number of hydrogen-bond donors (Lipinski definition) is 2. The zero-order valence-corrected chi connectivity index (χ0v) is 16.9. The van der Waals surface area contributed by atoms with E-state index < -0.39 is 12.0 Å². The smallest absolute Gasteiger partial charge is 0.338 e. The maximum absolute atomic E-state index is 12.5.